The predicted octanol–water partition coefficient (Wildman–Crippen LogP) is 0.370. The van der Waals surface area contributed by atoms with E-state index in [1.165, 1.54) is 17.0 Å². The average Bonchev–Trinajstić information content (AvgIpc) is 2.96. The Morgan fingerprint density at radius 2 is 2.00 bits per heavy atom. The van der Waals surface area contributed by atoms with Crippen molar-refractivity contribution in [2.75, 3.05) is 13.1 Å². The number of likely N-dealkylation sites (tertiary alicyclic amines) is 1. The van der Waals surface area contributed by atoms with Crippen LogP contribution >= 0.6 is 0 Å². The van der Waals surface area contributed by atoms with Gasteiger partial charge in [-0.15, -0.1) is 0 Å². The maximum Gasteiger partial charge on any atom is 0.306 e. The summed E-state index contributed by atoms with van der Waals surface area (Å²) in [6, 6.07) is 0. The van der Waals surface area contributed by atoms with Crippen molar-refractivity contribution in [1.29, 1.82) is 0 Å². The van der Waals surface area contributed by atoms with E-state index in [4.69, 9.17) is 5.11 Å². The molecular formula is C13H15N5O3. The molecule has 110 valence electrons. The SMILES string of the molecule is Cc1c(C(=O)N2CCC(C(=O)O)CC2)cnc2ncnn12. The molecule has 1 amide bonds. The quantitative estimate of drug-likeness (QED) is 0.857. The number of rotatable bonds is 2. The number of aryl methyl sites for hydroxylation is 1. The average molecular weight is 289 g/mol. The molecule has 2 aromatic rings. The van der Waals surface area contributed by atoms with E-state index in [9.17, 15) is 9.59 Å². The number of aromatic nitrogens is 4. The van der Waals surface area contributed by atoms with Crippen LogP contribution in [0.4, 0.5) is 0 Å². The lowest BCUT2D eigenvalue weighted by Crippen LogP contribution is -2.40. The topological polar surface area (TPSA) is 101 Å². The summed E-state index contributed by atoms with van der Waals surface area (Å²) in [5.41, 5.74) is 1.16. The van der Waals surface area contributed by atoms with Gasteiger partial charge < -0.3 is 10.0 Å². The Labute approximate surface area is 120 Å². The zero-order valence-corrected chi connectivity index (χ0v) is 11.6. The van der Waals surface area contributed by atoms with Crippen LogP contribution in [0.15, 0.2) is 12.5 Å². The Hall–Kier alpha value is -2.51. The van der Waals surface area contributed by atoms with Crippen LogP contribution in [0.2, 0.25) is 0 Å². The van der Waals surface area contributed by atoms with Crippen LogP contribution in [-0.2, 0) is 4.79 Å². The smallest absolute Gasteiger partial charge is 0.306 e. The Balaban J connectivity index is 1.81. The molecule has 0 aliphatic carbocycles. The van der Waals surface area contributed by atoms with Crippen LogP contribution in [0.5, 0.6) is 0 Å². The minimum atomic E-state index is -0.788. The highest BCUT2D eigenvalue weighted by Gasteiger charge is 2.28. The lowest BCUT2D eigenvalue weighted by Gasteiger charge is -2.30. The van der Waals surface area contributed by atoms with Crippen LogP contribution in [0.1, 0.15) is 28.9 Å². The summed E-state index contributed by atoms with van der Waals surface area (Å²) in [6.07, 6.45) is 3.87. The first kappa shape index (κ1) is 13.5. The maximum atomic E-state index is 12.5. The summed E-state index contributed by atoms with van der Waals surface area (Å²) in [5.74, 6) is -0.829. The zero-order valence-electron chi connectivity index (χ0n) is 11.6. The van der Waals surface area contributed by atoms with Gasteiger partial charge in [0.1, 0.15) is 6.33 Å². The Morgan fingerprint density at radius 3 is 2.67 bits per heavy atom. The van der Waals surface area contributed by atoms with Crippen molar-refractivity contribution in [3.05, 3.63) is 23.8 Å². The minimum absolute atomic E-state index is 0.138. The molecule has 3 heterocycles. The summed E-state index contributed by atoms with van der Waals surface area (Å²) in [4.78, 5) is 33.2. The molecule has 0 saturated carbocycles. The number of hydrogen-bond donors (Lipinski definition) is 1. The first-order valence-electron chi connectivity index (χ1n) is 6.75. The number of piperidine rings is 1. The third-order valence-electron chi connectivity index (χ3n) is 3.91. The molecule has 0 aromatic carbocycles. The Morgan fingerprint density at radius 1 is 1.29 bits per heavy atom. The molecule has 1 aliphatic heterocycles. The Bertz CT molecular complexity index is 703. The van der Waals surface area contributed by atoms with Gasteiger partial charge in [-0.05, 0) is 19.8 Å². The standard InChI is InChI=1S/C13H15N5O3/c1-8-10(6-14-13-15-7-16-18(8)13)11(19)17-4-2-9(3-5-17)12(20)21/h6-7,9H,2-5H2,1H3,(H,20,21). The van der Waals surface area contributed by atoms with Gasteiger partial charge in [-0.2, -0.15) is 10.1 Å². The third-order valence-corrected chi connectivity index (χ3v) is 3.91. The second-order valence-electron chi connectivity index (χ2n) is 5.13. The number of carbonyl (C=O) groups is 2. The molecule has 0 atom stereocenters. The molecule has 0 unspecified atom stereocenters. The molecule has 1 fully saturated rings. The fourth-order valence-electron chi connectivity index (χ4n) is 2.60. The van der Waals surface area contributed by atoms with Crippen LogP contribution < -0.4 is 0 Å². The molecule has 3 rings (SSSR count). The molecule has 0 bridgehead atoms. The highest BCUT2D eigenvalue weighted by molar-refractivity contribution is 5.95. The van der Waals surface area contributed by atoms with Crippen molar-refractivity contribution >= 4 is 17.7 Å². The second-order valence-corrected chi connectivity index (χ2v) is 5.13. The molecule has 1 N–H and O–H groups in total. The lowest BCUT2D eigenvalue weighted by atomic mass is 9.96. The van der Waals surface area contributed by atoms with Gasteiger partial charge in [0, 0.05) is 19.3 Å². The van der Waals surface area contributed by atoms with E-state index < -0.39 is 5.97 Å². The second kappa shape index (κ2) is 5.12. The molecular weight excluding hydrogens is 274 g/mol. The van der Waals surface area contributed by atoms with Gasteiger partial charge in [0.25, 0.3) is 11.7 Å². The van der Waals surface area contributed by atoms with Crippen molar-refractivity contribution in [3.8, 4) is 0 Å². The molecule has 0 spiro atoms. The summed E-state index contributed by atoms with van der Waals surface area (Å²) < 4.78 is 1.53. The molecule has 21 heavy (non-hydrogen) atoms. The van der Waals surface area contributed by atoms with Crippen LogP contribution in [0.3, 0.4) is 0 Å². The molecule has 0 radical (unpaired) electrons. The van der Waals surface area contributed by atoms with E-state index in [-0.39, 0.29) is 11.8 Å². The summed E-state index contributed by atoms with van der Waals surface area (Å²) in [7, 11) is 0. The summed E-state index contributed by atoms with van der Waals surface area (Å²) >= 11 is 0. The van der Waals surface area contributed by atoms with Crippen molar-refractivity contribution < 1.29 is 14.7 Å². The van der Waals surface area contributed by atoms with Crippen LogP contribution in [0, 0.1) is 12.8 Å². The van der Waals surface area contributed by atoms with Crippen LogP contribution in [-0.4, -0.2) is 54.6 Å². The van der Waals surface area contributed by atoms with Crippen molar-refractivity contribution in [1.82, 2.24) is 24.5 Å². The molecule has 1 aliphatic rings. The molecule has 1 saturated heterocycles. The normalized spacial score (nSPS) is 16.3. The van der Waals surface area contributed by atoms with Gasteiger partial charge in [0.2, 0.25) is 0 Å². The Kier molecular flexibility index (Phi) is 3.28. The van der Waals surface area contributed by atoms with Gasteiger partial charge in [-0.3, -0.25) is 9.59 Å². The number of hydrogen-bond acceptors (Lipinski definition) is 5. The number of aliphatic carboxylic acids is 1. The maximum absolute atomic E-state index is 12.5. The van der Waals surface area contributed by atoms with Gasteiger partial charge >= 0.3 is 5.97 Å². The molecule has 2 aromatic heterocycles. The van der Waals surface area contributed by atoms with E-state index in [1.54, 1.807) is 11.8 Å². The minimum Gasteiger partial charge on any atom is -0.481 e. The largest absolute Gasteiger partial charge is 0.481 e. The van der Waals surface area contributed by atoms with Gasteiger partial charge in [0.15, 0.2) is 0 Å². The number of nitrogens with zero attached hydrogens (tertiary/aromatic N) is 5. The van der Waals surface area contributed by atoms with E-state index in [0.29, 0.717) is 43.0 Å². The van der Waals surface area contributed by atoms with Gasteiger partial charge in [-0.1, -0.05) is 0 Å². The molecule has 8 heteroatoms. The van der Waals surface area contributed by atoms with E-state index in [1.807, 2.05) is 0 Å². The number of fused-ring (bicyclic) bond motifs is 1. The molecule has 8 nitrogen and oxygen atoms in total. The first-order valence-corrected chi connectivity index (χ1v) is 6.75. The highest BCUT2D eigenvalue weighted by Crippen LogP contribution is 2.20. The highest BCUT2D eigenvalue weighted by atomic mass is 16.4. The number of amides is 1. The fraction of sp³-hybridized carbons (Fsp3) is 0.462. The van der Waals surface area contributed by atoms with Crippen molar-refractivity contribution in [2.24, 2.45) is 5.92 Å². The fourth-order valence-corrected chi connectivity index (χ4v) is 2.60. The van der Waals surface area contributed by atoms with E-state index >= 15 is 0 Å². The zero-order chi connectivity index (χ0) is 15.0. The predicted molar refractivity (Wildman–Crippen MR) is 71.8 cm³/mol. The monoisotopic (exact) mass is 289 g/mol. The number of carboxylic acids is 1. The first-order chi connectivity index (χ1) is 10.1. The van der Waals surface area contributed by atoms with E-state index in [0.717, 1.165) is 0 Å². The number of carboxylic acid groups (broad SMARTS) is 1. The lowest BCUT2D eigenvalue weighted by molar-refractivity contribution is -0.143. The van der Waals surface area contributed by atoms with Gasteiger partial charge in [0.05, 0.1) is 17.2 Å². The number of carbonyl (C=O) groups excluding carboxylic acids is 1. The van der Waals surface area contributed by atoms with Gasteiger partial charge in [-0.25, -0.2) is 9.50 Å². The van der Waals surface area contributed by atoms with Crippen molar-refractivity contribution in [3.63, 3.8) is 0 Å². The van der Waals surface area contributed by atoms with Crippen molar-refractivity contribution in [2.45, 2.75) is 19.8 Å². The third kappa shape index (κ3) is 2.32. The van der Waals surface area contributed by atoms with Crippen LogP contribution in [0.25, 0.3) is 5.78 Å². The summed E-state index contributed by atoms with van der Waals surface area (Å²) in [5, 5.41) is 13.0. The van der Waals surface area contributed by atoms with E-state index in [2.05, 4.69) is 15.1 Å². The summed E-state index contributed by atoms with van der Waals surface area (Å²) in [6.45, 7) is 2.69.